The van der Waals surface area contributed by atoms with Gasteiger partial charge in [0.15, 0.2) is 0 Å². The summed E-state index contributed by atoms with van der Waals surface area (Å²) in [6.45, 7) is 0. The zero-order chi connectivity index (χ0) is 22.7. The van der Waals surface area contributed by atoms with Gasteiger partial charge in [0.2, 0.25) is 17.5 Å². The van der Waals surface area contributed by atoms with E-state index in [0.717, 1.165) is 33.8 Å². The lowest BCUT2D eigenvalue weighted by Crippen LogP contribution is -2.09. The lowest BCUT2D eigenvalue weighted by Gasteiger charge is -2.26. The van der Waals surface area contributed by atoms with Crippen LogP contribution >= 0.6 is 0 Å². The molecule has 0 aliphatic heterocycles. The van der Waals surface area contributed by atoms with Gasteiger partial charge in [-0.15, -0.1) is 30.6 Å². The zero-order valence-corrected chi connectivity index (χ0v) is 17.4. The summed E-state index contributed by atoms with van der Waals surface area (Å²) in [5.41, 5.74) is 5.43. The van der Waals surface area contributed by atoms with Gasteiger partial charge in [-0.05, 0) is 88.4 Å². The number of H-pyrrole nitrogens is 3. The Balaban J connectivity index is 1.39. The lowest BCUT2D eigenvalue weighted by atomic mass is 10.1. The number of nitrogens with one attached hydrogen (secondary N) is 3. The fourth-order valence-corrected chi connectivity index (χ4v) is 3.58. The van der Waals surface area contributed by atoms with Gasteiger partial charge in [0.1, 0.15) is 0 Å². The van der Waals surface area contributed by atoms with Crippen molar-refractivity contribution in [2.45, 2.75) is 0 Å². The van der Waals surface area contributed by atoms with Gasteiger partial charge in [-0.25, -0.2) is 0 Å². The molecule has 0 saturated heterocycles. The van der Waals surface area contributed by atoms with Crippen LogP contribution in [0.4, 0.5) is 17.1 Å². The molecule has 3 aromatic carbocycles. The molecule has 0 spiro atoms. The molecule has 0 saturated carbocycles. The highest BCUT2D eigenvalue weighted by Crippen LogP contribution is 2.36. The molecule has 0 aliphatic carbocycles. The Labute approximate surface area is 191 Å². The number of aromatic nitrogens is 12. The molecule has 0 unspecified atom stereocenters. The van der Waals surface area contributed by atoms with Crippen LogP contribution in [0.5, 0.6) is 0 Å². The fraction of sp³-hybridized carbons (Fsp3) is 0. The van der Waals surface area contributed by atoms with E-state index >= 15 is 0 Å². The standard InChI is InChI=1S/C21H15N13/c1-7-16(8-2-13(1)19-22-28-29-23-19)34(17-9-3-14(4-10-17)20-24-30-31-25-20)18-11-5-15(6-12-18)21-26-32-33-27-21/h1-12H,(H,22,23,28,29)(H,24,25,30,31)(H,26,27,32,33). The van der Waals surface area contributed by atoms with E-state index < -0.39 is 0 Å². The summed E-state index contributed by atoms with van der Waals surface area (Å²) in [6.07, 6.45) is 0. The minimum atomic E-state index is 0.534. The van der Waals surface area contributed by atoms with E-state index in [4.69, 9.17) is 0 Å². The molecule has 34 heavy (non-hydrogen) atoms. The van der Waals surface area contributed by atoms with Crippen molar-refractivity contribution in [2.75, 3.05) is 4.90 Å². The highest BCUT2D eigenvalue weighted by Gasteiger charge is 2.15. The van der Waals surface area contributed by atoms with Crippen LogP contribution in [0.2, 0.25) is 0 Å². The smallest absolute Gasteiger partial charge is 0.204 e. The molecule has 13 heteroatoms. The van der Waals surface area contributed by atoms with Gasteiger partial charge in [0.05, 0.1) is 0 Å². The molecule has 6 aromatic rings. The maximum atomic E-state index is 4.05. The molecule has 3 N–H and O–H groups in total. The van der Waals surface area contributed by atoms with E-state index in [0.29, 0.717) is 17.5 Å². The Morgan fingerprint density at radius 1 is 0.412 bits per heavy atom. The van der Waals surface area contributed by atoms with E-state index in [-0.39, 0.29) is 0 Å². The lowest BCUT2D eigenvalue weighted by molar-refractivity contribution is 0.881. The molecular formula is C21H15N13. The first-order chi connectivity index (χ1) is 16.8. The summed E-state index contributed by atoms with van der Waals surface area (Å²) in [5, 5.41) is 42.6. The van der Waals surface area contributed by atoms with Crippen molar-refractivity contribution >= 4 is 17.1 Å². The van der Waals surface area contributed by atoms with Crippen molar-refractivity contribution in [3.8, 4) is 34.2 Å². The number of benzene rings is 3. The first-order valence-corrected chi connectivity index (χ1v) is 10.2. The van der Waals surface area contributed by atoms with E-state index in [1.54, 1.807) is 0 Å². The molecule has 6 rings (SSSR count). The van der Waals surface area contributed by atoms with E-state index in [1.165, 1.54) is 0 Å². The first kappa shape index (κ1) is 19.4. The minimum Gasteiger partial charge on any atom is -0.311 e. The average molecular weight is 449 g/mol. The van der Waals surface area contributed by atoms with Gasteiger partial charge in [-0.1, -0.05) is 0 Å². The second-order valence-electron chi connectivity index (χ2n) is 7.18. The Hall–Kier alpha value is -5.33. The van der Waals surface area contributed by atoms with Crippen molar-refractivity contribution in [1.82, 2.24) is 61.9 Å². The molecule has 164 valence electrons. The van der Waals surface area contributed by atoms with E-state index in [9.17, 15) is 0 Å². The van der Waals surface area contributed by atoms with Gasteiger partial charge >= 0.3 is 0 Å². The Morgan fingerprint density at radius 3 is 0.941 bits per heavy atom. The van der Waals surface area contributed by atoms with Crippen LogP contribution in [0.15, 0.2) is 72.8 Å². The number of anilines is 3. The molecular weight excluding hydrogens is 434 g/mol. The summed E-state index contributed by atoms with van der Waals surface area (Å²) in [6, 6.07) is 23.8. The van der Waals surface area contributed by atoms with Crippen molar-refractivity contribution < 1.29 is 0 Å². The minimum absolute atomic E-state index is 0.534. The third kappa shape index (κ3) is 3.62. The highest BCUT2D eigenvalue weighted by atomic mass is 15.5. The number of hydrogen-bond acceptors (Lipinski definition) is 10. The number of tetrazole rings is 3. The van der Waals surface area contributed by atoms with Gasteiger partial charge in [0.25, 0.3) is 0 Å². The van der Waals surface area contributed by atoms with Crippen molar-refractivity contribution in [2.24, 2.45) is 0 Å². The molecule has 0 bridgehead atoms. The number of nitrogens with zero attached hydrogens (tertiary/aromatic N) is 10. The fourth-order valence-electron chi connectivity index (χ4n) is 3.58. The molecule has 0 aliphatic rings. The summed E-state index contributed by atoms with van der Waals surface area (Å²) in [7, 11) is 0. The summed E-state index contributed by atoms with van der Waals surface area (Å²) in [4.78, 5) is 2.13. The van der Waals surface area contributed by atoms with Gasteiger partial charge in [-0.3, -0.25) is 0 Å². The quantitative estimate of drug-likeness (QED) is 0.344. The van der Waals surface area contributed by atoms with Gasteiger partial charge < -0.3 is 4.90 Å². The van der Waals surface area contributed by atoms with Crippen LogP contribution in [-0.2, 0) is 0 Å². The normalized spacial score (nSPS) is 10.9. The summed E-state index contributed by atoms with van der Waals surface area (Å²) >= 11 is 0. The zero-order valence-electron chi connectivity index (χ0n) is 17.4. The monoisotopic (exact) mass is 449 g/mol. The van der Waals surface area contributed by atoms with E-state index in [1.807, 2.05) is 72.8 Å². The molecule has 0 radical (unpaired) electrons. The van der Waals surface area contributed by atoms with Crippen molar-refractivity contribution in [1.29, 1.82) is 0 Å². The Bertz CT molecular complexity index is 1270. The highest BCUT2D eigenvalue weighted by molar-refractivity contribution is 5.79. The predicted octanol–water partition coefficient (Wildman–Crippen LogP) is 2.70. The number of aromatic amines is 3. The molecule has 0 atom stereocenters. The third-order valence-corrected chi connectivity index (χ3v) is 5.19. The second kappa shape index (κ2) is 8.31. The summed E-state index contributed by atoms with van der Waals surface area (Å²) in [5.74, 6) is 1.60. The predicted molar refractivity (Wildman–Crippen MR) is 121 cm³/mol. The molecule has 3 heterocycles. The molecule has 13 nitrogen and oxygen atoms in total. The van der Waals surface area contributed by atoms with Crippen LogP contribution in [0.3, 0.4) is 0 Å². The van der Waals surface area contributed by atoms with Gasteiger partial charge in [0, 0.05) is 33.8 Å². The second-order valence-corrected chi connectivity index (χ2v) is 7.18. The first-order valence-electron chi connectivity index (χ1n) is 10.2. The van der Waals surface area contributed by atoms with Crippen LogP contribution in [0.1, 0.15) is 0 Å². The largest absolute Gasteiger partial charge is 0.311 e. The Kier molecular flexibility index (Phi) is 4.73. The maximum Gasteiger partial charge on any atom is 0.204 e. The number of rotatable bonds is 6. The third-order valence-electron chi connectivity index (χ3n) is 5.19. The molecule has 0 fully saturated rings. The van der Waals surface area contributed by atoms with Crippen LogP contribution in [0.25, 0.3) is 34.2 Å². The van der Waals surface area contributed by atoms with E-state index in [2.05, 4.69) is 66.8 Å². The van der Waals surface area contributed by atoms with Crippen LogP contribution in [0, 0.1) is 0 Å². The maximum absolute atomic E-state index is 4.05. The Morgan fingerprint density at radius 2 is 0.706 bits per heavy atom. The average Bonchev–Trinajstić information content (AvgIpc) is 3.69. The van der Waals surface area contributed by atoms with Crippen molar-refractivity contribution in [3.05, 3.63) is 72.8 Å². The molecule has 3 aromatic heterocycles. The van der Waals surface area contributed by atoms with Crippen molar-refractivity contribution in [3.63, 3.8) is 0 Å². The summed E-state index contributed by atoms with van der Waals surface area (Å²) < 4.78 is 0. The SMILES string of the molecule is c1cc(N(c2ccc(-c3nn[nH]n3)cc2)c2ccc(-c3nn[nH]n3)cc2)ccc1-c1nn[nH]n1. The van der Waals surface area contributed by atoms with Crippen LogP contribution < -0.4 is 4.90 Å². The molecule has 0 amide bonds. The number of hydrogen-bond donors (Lipinski definition) is 3. The van der Waals surface area contributed by atoms with Gasteiger partial charge in [-0.2, -0.15) is 15.6 Å². The topological polar surface area (TPSA) is 167 Å². The van der Waals surface area contributed by atoms with Crippen LogP contribution in [-0.4, -0.2) is 61.9 Å².